The van der Waals surface area contributed by atoms with Crippen molar-refractivity contribution in [1.29, 1.82) is 0 Å². The van der Waals surface area contributed by atoms with Gasteiger partial charge in [-0.25, -0.2) is 0 Å². The minimum Gasteiger partial charge on any atom is -0.313 e. The zero-order valence-electron chi connectivity index (χ0n) is 12.3. The summed E-state index contributed by atoms with van der Waals surface area (Å²) < 4.78 is 0. The molecule has 0 radical (unpaired) electrons. The van der Waals surface area contributed by atoms with Crippen LogP contribution in [0.25, 0.3) is 0 Å². The molecule has 2 rings (SSSR count). The van der Waals surface area contributed by atoms with Crippen molar-refractivity contribution in [3.63, 3.8) is 0 Å². The fourth-order valence-electron chi connectivity index (χ4n) is 3.22. The van der Waals surface area contributed by atoms with Crippen LogP contribution in [0.2, 0.25) is 0 Å². The van der Waals surface area contributed by atoms with Crippen molar-refractivity contribution in [3.05, 3.63) is 34.9 Å². The van der Waals surface area contributed by atoms with E-state index in [9.17, 15) is 0 Å². The van der Waals surface area contributed by atoms with Crippen LogP contribution in [0.1, 0.15) is 69.1 Å². The molecule has 18 heavy (non-hydrogen) atoms. The Morgan fingerprint density at radius 2 is 1.94 bits per heavy atom. The number of hydrogen-bond donors (Lipinski definition) is 1. The fraction of sp³-hybridized carbons (Fsp3) is 0.647. The summed E-state index contributed by atoms with van der Waals surface area (Å²) in [6.07, 6.45) is 2.62. The minimum atomic E-state index is 0.626. The van der Waals surface area contributed by atoms with Crippen molar-refractivity contribution in [3.8, 4) is 0 Å². The summed E-state index contributed by atoms with van der Waals surface area (Å²) in [7, 11) is 0. The van der Waals surface area contributed by atoms with Gasteiger partial charge in [-0.3, -0.25) is 0 Å². The summed E-state index contributed by atoms with van der Waals surface area (Å²) in [6.45, 7) is 11.6. The maximum Gasteiger partial charge on any atom is 0.0208 e. The molecule has 0 amide bonds. The molecule has 0 spiro atoms. The van der Waals surface area contributed by atoms with E-state index in [-0.39, 0.29) is 0 Å². The predicted molar refractivity (Wildman–Crippen MR) is 79.1 cm³/mol. The second-order valence-corrected chi connectivity index (χ2v) is 6.24. The van der Waals surface area contributed by atoms with Crippen LogP contribution in [-0.2, 0) is 6.54 Å². The quantitative estimate of drug-likeness (QED) is 0.812. The van der Waals surface area contributed by atoms with Gasteiger partial charge < -0.3 is 5.32 Å². The van der Waals surface area contributed by atoms with Gasteiger partial charge in [0.15, 0.2) is 0 Å². The molecule has 0 bridgehead atoms. The van der Waals surface area contributed by atoms with Gasteiger partial charge in [0.05, 0.1) is 0 Å². The molecule has 1 aliphatic rings. The highest BCUT2D eigenvalue weighted by molar-refractivity contribution is 5.40. The summed E-state index contributed by atoms with van der Waals surface area (Å²) in [5, 5.41) is 3.57. The second kappa shape index (κ2) is 5.88. The maximum absolute atomic E-state index is 3.57. The molecule has 1 aromatic rings. The van der Waals surface area contributed by atoms with Crippen molar-refractivity contribution >= 4 is 0 Å². The Labute approximate surface area is 112 Å². The third-order valence-electron chi connectivity index (χ3n) is 4.21. The van der Waals surface area contributed by atoms with E-state index < -0.39 is 0 Å². The van der Waals surface area contributed by atoms with Gasteiger partial charge in [0.1, 0.15) is 0 Å². The maximum atomic E-state index is 3.57. The van der Waals surface area contributed by atoms with E-state index >= 15 is 0 Å². The van der Waals surface area contributed by atoms with Crippen molar-refractivity contribution in [2.45, 2.75) is 58.9 Å². The third kappa shape index (κ3) is 2.77. The van der Waals surface area contributed by atoms with Crippen LogP contribution in [0.4, 0.5) is 0 Å². The highest BCUT2D eigenvalue weighted by atomic mass is 14.8. The Balaban J connectivity index is 2.51. The van der Waals surface area contributed by atoms with Crippen LogP contribution in [0, 0.1) is 5.92 Å². The molecule has 0 fully saturated rings. The van der Waals surface area contributed by atoms with Crippen LogP contribution in [-0.4, -0.2) is 6.54 Å². The second-order valence-electron chi connectivity index (χ2n) is 6.24. The molecule has 1 heterocycles. The van der Waals surface area contributed by atoms with E-state index in [0.717, 1.165) is 24.9 Å². The lowest BCUT2D eigenvalue weighted by atomic mass is 9.77. The van der Waals surface area contributed by atoms with Gasteiger partial charge in [0.25, 0.3) is 0 Å². The average molecular weight is 245 g/mol. The van der Waals surface area contributed by atoms with Gasteiger partial charge in [0.2, 0.25) is 0 Å². The van der Waals surface area contributed by atoms with Crippen molar-refractivity contribution in [2.75, 3.05) is 6.54 Å². The summed E-state index contributed by atoms with van der Waals surface area (Å²) in [5.74, 6) is 2.10. The number of fused-ring (bicyclic) bond motifs is 1. The fourth-order valence-corrected chi connectivity index (χ4v) is 3.22. The highest BCUT2D eigenvalue weighted by Gasteiger charge is 2.23. The van der Waals surface area contributed by atoms with Crippen LogP contribution >= 0.6 is 0 Å². The highest BCUT2D eigenvalue weighted by Crippen LogP contribution is 2.37. The average Bonchev–Trinajstić information content (AvgIpc) is 2.28. The zero-order valence-corrected chi connectivity index (χ0v) is 12.3. The Morgan fingerprint density at radius 1 is 1.17 bits per heavy atom. The van der Waals surface area contributed by atoms with Crippen molar-refractivity contribution < 1.29 is 0 Å². The van der Waals surface area contributed by atoms with E-state index in [1.807, 2.05) is 0 Å². The van der Waals surface area contributed by atoms with Gasteiger partial charge in [0, 0.05) is 6.54 Å². The van der Waals surface area contributed by atoms with E-state index in [1.165, 1.54) is 18.4 Å². The van der Waals surface area contributed by atoms with E-state index in [1.54, 1.807) is 11.1 Å². The van der Waals surface area contributed by atoms with Gasteiger partial charge in [-0.05, 0) is 53.8 Å². The number of benzene rings is 1. The number of nitrogens with one attached hydrogen (secondary N) is 1. The molecule has 1 aliphatic heterocycles. The Hall–Kier alpha value is -0.820. The van der Waals surface area contributed by atoms with Gasteiger partial charge in [-0.1, -0.05) is 45.9 Å². The largest absolute Gasteiger partial charge is 0.313 e. The zero-order chi connectivity index (χ0) is 13.1. The summed E-state index contributed by atoms with van der Waals surface area (Å²) in [5.41, 5.74) is 4.74. The Kier molecular flexibility index (Phi) is 4.45. The number of rotatable bonds is 2. The molecular formula is C17H27N. The Morgan fingerprint density at radius 3 is 2.61 bits per heavy atom. The molecular weight excluding hydrogens is 218 g/mol. The SMILES string of the molecule is CC(C)c1cccc2c1C(C(C)C)CCCNC2. The van der Waals surface area contributed by atoms with Crippen LogP contribution < -0.4 is 5.32 Å². The molecule has 0 aromatic heterocycles. The summed E-state index contributed by atoms with van der Waals surface area (Å²) >= 11 is 0. The van der Waals surface area contributed by atoms with Crippen LogP contribution in [0.5, 0.6) is 0 Å². The first kappa shape index (κ1) is 13.6. The minimum absolute atomic E-state index is 0.626. The van der Waals surface area contributed by atoms with Gasteiger partial charge in [-0.15, -0.1) is 0 Å². The first-order valence-corrected chi connectivity index (χ1v) is 7.43. The molecule has 1 aromatic carbocycles. The van der Waals surface area contributed by atoms with Gasteiger partial charge in [-0.2, -0.15) is 0 Å². The summed E-state index contributed by atoms with van der Waals surface area (Å²) in [4.78, 5) is 0. The van der Waals surface area contributed by atoms with Crippen LogP contribution in [0.3, 0.4) is 0 Å². The molecule has 0 saturated heterocycles. The molecule has 100 valence electrons. The standard InChI is InChI=1S/C17H27N/c1-12(2)15-8-5-7-14-11-18-10-6-9-16(13(3)4)17(14)15/h5,7-8,12-13,16,18H,6,9-11H2,1-4H3. The third-order valence-corrected chi connectivity index (χ3v) is 4.21. The smallest absolute Gasteiger partial charge is 0.0208 e. The Bertz CT molecular complexity index is 393. The number of hydrogen-bond acceptors (Lipinski definition) is 1. The normalized spacial score (nSPS) is 20.7. The first-order valence-electron chi connectivity index (χ1n) is 7.43. The van der Waals surface area contributed by atoms with Gasteiger partial charge >= 0.3 is 0 Å². The van der Waals surface area contributed by atoms with Crippen molar-refractivity contribution in [2.24, 2.45) is 5.92 Å². The molecule has 0 aliphatic carbocycles. The first-order chi connectivity index (χ1) is 8.61. The van der Waals surface area contributed by atoms with Crippen molar-refractivity contribution in [1.82, 2.24) is 5.32 Å². The van der Waals surface area contributed by atoms with E-state index in [4.69, 9.17) is 0 Å². The lowest BCUT2D eigenvalue weighted by Crippen LogP contribution is -2.23. The predicted octanol–water partition coefficient (Wildman–Crippen LogP) is 4.43. The molecule has 0 saturated carbocycles. The molecule has 1 atom stereocenters. The van der Waals surface area contributed by atoms with E-state index in [2.05, 4.69) is 51.2 Å². The molecule has 1 heteroatoms. The van der Waals surface area contributed by atoms with Crippen LogP contribution in [0.15, 0.2) is 18.2 Å². The topological polar surface area (TPSA) is 12.0 Å². The monoisotopic (exact) mass is 245 g/mol. The lowest BCUT2D eigenvalue weighted by molar-refractivity contribution is 0.428. The van der Waals surface area contributed by atoms with E-state index in [0.29, 0.717) is 5.92 Å². The molecule has 1 unspecified atom stereocenters. The lowest BCUT2D eigenvalue weighted by Gasteiger charge is -2.30. The molecule has 1 N–H and O–H groups in total. The summed E-state index contributed by atoms with van der Waals surface area (Å²) in [6, 6.07) is 6.88. The molecule has 1 nitrogen and oxygen atoms in total.